The van der Waals surface area contributed by atoms with Crippen LogP contribution in [0.1, 0.15) is 42.5 Å². The van der Waals surface area contributed by atoms with E-state index in [9.17, 15) is 9.90 Å². The van der Waals surface area contributed by atoms with Crippen LogP contribution in [0, 0.1) is 0 Å². The van der Waals surface area contributed by atoms with Gasteiger partial charge in [-0.2, -0.15) is 0 Å². The van der Waals surface area contributed by atoms with E-state index in [0.717, 1.165) is 25.9 Å². The molecule has 4 nitrogen and oxygen atoms in total. The lowest BCUT2D eigenvalue weighted by molar-refractivity contribution is 0.0739. The monoisotopic (exact) mass is 263 g/mol. The predicted molar refractivity (Wildman–Crippen MR) is 73.6 cm³/mol. The van der Waals surface area contributed by atoms with Crippen molar-refractivity contribution in [1.29, 1.82) is 0 Å². The number of phenols is 1. The maximum Gasteiger partial charge on any atom is 0.257 e. The van der Waals surface area contributed by atoms with E-state index in [2.05, 4.69) is 0 Å². The quantitative estimate of drug-likeness (QED) is 0.892. The van der Waals surface area contributed by atoms with Crippen molar-refractivity contribution in [2.45, 2.75) is 32.1 Å². The summed E-state index contributed by atoms with van der Waals surface area (Å²) in [6.45, 7) is 1.55. The van der Waals surface area contributed by atoms with Gasteiger partial charge in [-0.1, -0.05) is 19.3 Å². The molecule has 1 fully saturated rings. The Kier molecular flexibility index (Phi) is 4.66. The van der Waals surface area contributed by atoms with Crippen molar-refractivity contribution in [3.63, 3.8) is 0 Å². The second-order valence-corrected chi connectivity index (χ2v) is 4.94. The largest absolute Gasteiger partial charge is 0.507 e. The van der Waals surface area contributed by atoms with Crippen LogP contribution in [0.15, 0.2) is 18.2 Å². The van der Waals surface area contributed by atoms with Gasteiger partial charge < -0.3 is 14.7 Å². The molecule has 0 aromatic heterocycles. The molecule has 0 aliphatic carbocycles. The molecule has 1 aliphatic heterocycles. The molecule has 0 atom stereocenters. The number of likely N-dealkylation sites (tertiary alicyclic amines) is 1. The summed E-state index contributed by atoms with van der Waals surface area (Å²) in [5.74, 6) is 0.513. The molecule has 0 bridgehead atoms. The number of hydrogen-bond donors (Lipinski definition) is 1. The zero-order valence-electron chi connectivity index (χ0n) is 11.4. The predicted octanol–water partition coefficient (Wildman–Crippen LogP) is 2.81. The molecule has 1 N–H and O–H groups in total. The van der Waals surface area contributed by atoms with Gasteiger partial charge in [-0.15, -0.1) is 0 Å². The van der Waals surface area contributed by atoms with Crippen molar-refractivity contribution in [1.82, 2.24) is 4.90 Å². The van der Waals surface area contributed by atoms with Crippen molar-refractivity contribution in [2.24, 2.45) is 0 Å². The van der Waals surface area contributed by atoms with Gasteiger partial charge >= 0.3 is 0 Å². The molecule has 0 unspecified atom stereocenters. The molecule has 104 valence electrons. The summed E-state index contributed by atoms with van der Waals surface area (Å²) in [6, 6.07) is 4.77. The van der Waals surface area contributed by atoms with Crippen LogP contribution in [0.2, 0.25) is 0 Å². The molecule has 1 aromatic carbocycles. The lowest BCUT2D eigenvalue weighted by atomic mass is 10.1. The van der Waals surface area contributed by atoms with Crippen LogP contribution in [0.5, 0.6) is 11.5 Å². The number of amides is 1. The van der Waals surface area contributed by atoms with E-state index in [0.29, 0.717) is 11.3 Å². The fourth-order valence-electron chi connectivity index (χ4n) is 2.43. The second-order valence-electron chi connectivity index (χ2n) is 4.94. The Labute approximate surface area is 114 Å². The number of benzene rings is 1. The molecule has 1 heterocycles. The molecular formula is C15H21NO3. The SMILES string of the molecule is COc1ccc(O)c(C(=O)N2CCCCCCC2)c1. The molecule has 0 radical (unpaired) electrons. The number of carbonyl (C=O) groups excluding carboxylic acids is 1. The number of nitrogens with zero attached hydrogens (tertiary/aromatic N) is 1. The summed E-state index contributed by atoms with van der Waals surface area (Å²) in [4.78, 5) is 14.3. The first kappa shape index (κ1) is 13.7. The Balaban J connectivity index is 2.17. The normalized spacial score (nSPS) is 16.6. The molecule has 2 rings (SSSR count). The van der Waals surface area contributed by atoms with Gasteiger partial charge in [-0.05, 0) is 31.0 Å². The van der Waals surface area contributed by atoms with Crippen molar-refractivity contribution in [3.05, 3.63) is 23.8 Å². The lowest BCUT2D eigenvalue weighted by Crippen LogP contribution is -2.33. The summed E-state index contributed by atoms with van der Waals surface area (Å²) in [5.41, 5.74) is 0.333. The molecule has 0 saturated carbocycles. The minimum absolute atomic E-state index is 0.0212. The molecular weight excluding hydrogens is 242 g/mol. The molecule has 1 amide bonds. The van der Waals surface area contributed by atoms with E-state index in [1.54, 1.807) is 19.2 Å². The van der Waals surface area contributed by atoms with Crippen molar-refractivity contribution < 1.29 is 14.6 Å². The van der Waals surface area contributed by atoms with Gasteiger partial charge in [0.1, 0.15) is 11.5 Å². The number of rotatable bonds is 2. The lowest BCUT2D eigenvalue weighted by Gasteiger charge is -2.25. The van der Waals surface area contributed by atoms with E-state index in [-0.39, 0.29) is 11.7 Å². The number of hydrogen-bond acceptors (Lipinski definition) is 3. The summed E-state index contributed by atoms with van der Waals surface area (Å²) in [6.07, 6.45) is 5.68. The first-order chi connectivity index (χ1) is 9.22. The fraction of sp³-hybridized carbons (Fsp3) is 0.533. The molecule has 1 aromatic rings. The zero-order valence-corrected chi connectivity index (χ0v) is 11.4. The summed E-state index contributed by atoms with van der Waals surface area (Å²) in [5, 5.41) is 9.85. The first-order valence-electron chi connectivity index (χ1n) is 6.88. The Morgan fingerprint density at radius 2 is 1.79 bits per heavy atom. The number of ether oxygens (including phenoxy) is 1. The topological polar surface area (TPSA) is 49.8 Å². The van der Waals surface area contributed by atoms with Gasteiger partial charge in [0, 0.05) is 13.1 Å². The molecule has 0 spiro atoms. The van der Waals surface area contributed by atoms with E-state index in [1.807, 2.05) is 4.90 Å². The first-order valence-corrected chi connectivity index (χ1v) is 6.88. The Morgan fingerprint density at radius 1 is 1.16 bits per heavy atom. The highest BCUT2D eigenvalue weighted by atomic mass is 16.5. The standard InChI is InChI=1S/C15H21NO3/c1-19-12-7-8-14(17)13(11-12)15(18)16-9-5-3-2-4-6-10-16/h7-8,11,17H,2-6,9-10H2,1H3. The van der Waals surface area contributed by atoms with Crippen LogP contribution in [0.3, 0.4) is 0 Å². The van der Waals surface area contributed by atoms with Crippen LogP contribution in [0.25, 0.3) is 0 Å². The third-order valence-corrected chi connectivity index (χ3v) is 3.58. The van der Waals surface area contributed by atoms with Crippen LogP contribution in [0.4, 0.5) is 0 Å². The summed E-state index contributed by atoms with van der Waals surface area (Å²) >= 11 is 0. The molecule has 19 heavy (non-hydrogen) atoms. The van der Waals surface area contributed by atoms with E-state index in [1.165, 1.54) is 25.3 Å². The van der Waals surface area contributed by atoms with Crippen LogP contribution < -0.4 is 4.74 Å². The van der Waals surface area contributed by atoms with Gasteiger partial charge in [-0.25, -0.2) is 0 Å². The van der Waals surface area contributed by atoms with Gasteiger partial charge in [0.2, 0.25) is 0 Å². The van der Waals surface area contributed by atoms with Crippen LogP contribution in [-0.2, 0) is 0 Å². The third-order valence-electron chi connectivity index (χ3n) is 3.58. The van der Waals surface area contributed by atoms with Crippen molar-refractivity contribution >= 4 is 5.91 Å². The van der Waals surface area contributed by atoms with E-state index >= 15 is 0 Å². The highest BCUT2D eigenvalue weighted by Gasteiger charge is 2.20. The van der Waals surface area contributed by atoms with Crippen LogP contribution >= 0.6 is 0 Å². The number of carbonyl (C=O) groups is 1. The summed E-state index contributed by atoms with van der Waals surface area (Å²) in [7, 11) is 1.55. The van der Waals surface area contributed by atoms with Gasteiger partial charge in [-0.3, -0.25) is 4.79 Å². The van der Waals surface area contributed by atoms with Gasteiger partial charge in [0.05, 0.1) is 12.7 Å². The minimum atomic E-state index is -0.0988. The second kappa shape index (κ2) is 6.45. The Bertz CT molecular complexity index is 437. The van der Waals surface area contributed by atoms with E-state index < -0.39 is 0 Å². The minimum Gasteiger partial charge on any atom is -0.507 e. The average Bonchev–Trinajstić information content (AvgIpc) is 2.38. The number of phenolic OH excluding ortho intramolecular Hbond substituents is 1. The van der Waals surface area contributed by atoms with Gasteiger partial charge in [0.25, 0.3) is 5.91 Å². The maximum atomic E-state index is 12.5. The van der Waals surface area contributed by atoms with Crippen molar-refractivity contribution in [2.75, 3.05) is 20.2 Å². The smallest absolute Gasteiger partial charge is 0.257 e. The molecule has 1 aliphatic rings. The summed E-state index contributed by atoms with van der Waals surface area (Å²) < 4.78 is 5.11. The molecule has 1 saturated heterocycles. The highest BCUT2D eigenvalue weighted by molar-refractivity contribution is 5.97. The fourth-order valence-corrected chi connectivity index (χ4v) is 2.43. The number of aromatic hydroxyl groups is 1. The number of methoxy groups -OCH3 is 1. The zero-order chi connectivity index (χ0) is 13.7. The van der Waals surface area contributed by atoms with Crippen LogP contribution in [-0.4, -0.2) is 36.1 Å². The van der Waals surface area contributed by atoms with E-state index in [4.69, 9.17) is 4.74 Å². The third kappa shape index (κ3) is 3.40. The van der Waals surface area contributed by atoms with Gasteiger partial charge in [0.15, 0.2) is 0 Å². The van der Waals surface area contributed by atoms with Crippen molar-refractivity contribution in [3.8, 4) is 11.5 Å². The average molecular weight is 263 g/mol. The Hall–Kier alpha value is -1.71. The highest BCUT2D eigenvalue weighted by Crippen LogP contribution is 2.25. The molecule has 4 heteroatoms. The Morgan fingerprint density at radius 3 is 2.42 bits per heavy atom. The maximum absolute atomic E-state index is 12.5.